The molecule has 1 saturated carbocycles. The third-order valence-electron chi connectivity index (χ3n) is 7.11. The minimum Gasteiger partial charge on any atom is -0.361 e. The number of hydrogen-bond acceptors (Lipinski definition) is 2. The summed E-state index contributed by atoms with van der Waals surface area (Å²) in [5, 5.41) is 4.24. The van der Waals surface area contributed by atoms with E-state index in [0.717, 1.165) is 36.4 Å². The summed E-state index contributed by atoms with van der Waals surface area (Å²) in [6.45, 7) is 12.2. The molecule has 3 aromatic rings. The number of amides is 1. The van der Waals surface area contributed by atoms with E-state index in [1.165, 1.54) is 41.3 Å². The normalized spacial score (nSPS) is 17.0. The van der Waals surface area contributed by atoms with Gasteiger partial charge in [0.05, 0.1) is 0 Å². The first-order valence-electron chi connectivity index (χ1n) is 13.2. The van der Waals surface area contributed by atoms with Crippen LogP contribution in [0.2, 0.25) is 0 Å². The molecule has 0 bridgehead atoms. The maximum Gasteiger partial charge on any atom is 0.227 e. The Balaban J connectivity index is 0.000000240. The third-order valence-corrected chi connectivity index (χ3v) is 7.11. The van der Waals surface area contributed by atoms with E-state index in [1.807, 2.05) is 37.4 Å². The van der Waals surface area contributed by atoms with E-state index in [4.69, 9.17) is 0 Å². The topological polar surface area (TPSA) is 62.0 Å². The summed E-state index contributed by atoms with van der Waals surface area (Å²) >= 11 is 0. The number of ketones is 1. The Labute approximate surface area is 211 Å². The van der Waals surface area contributed by atoms with Crippen LogP contribution in [0.25, 0.3) is 10.9 Å². The molecule has 0 aliphatic heterocycles. The van der Waals surface area contributed by atoms with Crippen molar-refractivity contribution in [3.8, 4) is 0 Å². The number of Topliss-reactive ketones (excluding diaryl/α,β-unsaturated/α-hetero) is 1. The molecule has 1 aromatic heterocycles. The SMILES string of the molecule is CCC(C)=O.CCC1CCC(C(=O)Nc2ccc3cc[nH]c3c2)CC1.CCc1c(C)cccc1C. The highest BCUT2D eigenvalue weighted by Crippen LogP contribution is 2.31. The van der Waals surface area contributed by atoms with Crippen LogP contribution in [0.4, 0.5) is 5.69 Å². The van der Waals surface area contributed by atoms with Crippen molar-refractivity contribution in [3.05, 3.63) is 65.4 Å². The van der Waals surface area contributed by atoms with Gasteiger partial charge in [-0.05, 0) is 99.1 Å². The van der Waals surface area contributed by atoms with E-state index in [2.05, 4.69) is 56.2 Å². The Morgan fingerprint density at radius 2 is 1.57 bits per heavy atom. The monoisotopic (exact) mass is 476 g/mol. The van der Waals surface area contributed by atoms with E-state index in [0.29, 0.717) is 6.42 Å². The largest absolute Gasteiger partial charge is 0.361 e. The molecule has 190 valence electrons. The van der Waals surface area contributed by atoms with Crippen LogP contribution in [0.15, 0.2) is 48.7 Å². The van der Waals surface area contributed by atoms with Crippen molar-refractivity contribution in [3.63, 3.8) is 0 Å². The molecule has 0 atom stereocenters. The molecule has 0 saturated heterocycles. The van der Waals surface area contributed by atoms with Crippen molar-refractivity contribution in [2.45, 2.75) is 86.5 Å². The summed E-state index contributed by atoms with van der Waals surface area (Å²) in [7, 11) is 0. The van der Waals surface area contributed by atoms with Crippen molar-refractivity contribution < 1.29 is 9.59 Å². The number of rotatable bonds is 5. The van der Waals surface area contributed by atoms with E-state index in [-0.39, 0.29) is 17.6 Å². The number of nitrogens with one attached hydrogen (secondary N) is 2. The first-order chi connectivity index (χ1) is 16.8. The molecule has 1 aliphatic rings. The molecule has 0 radical (unpaired) electrons. The van der Waals surface area contributed by atoms with Crippen LogP contribution >= 0.6 is 0 Å². The Kier molecular flexibility index (Phi) is 11.8. The lowest BCUT2D eigenvalue weighted by atomic mass is 9.80. The number of benzene rings is 2. The van der Waals surface area contributed by atoms with Gasteiger partial charge in [0.25, 0.3) is 0 Å². The highest BCUT2D eigenvalue weighted by molar-refractivity contribution is 5.95. The molecule has 2 aromatic carbocycles. The lowest BCUT2D eigenvalue weighted by molar-refractivity contribution is -0.121. The number of H-pyrrole nitrogens is 1. The Hall–Kier alpha value is -2.88. The van der Waals surface area contributed by atoms with Gasteiger partial charge in [-0.1, -0.05) is 51.5 Å². The van der Waals surface area contributed by atoms with E-state index in [9.17, 15) is 9.59 Å². The molecule has 1 fully saturated rings. The van der Waals surface area contributed by atoms with Crippen molar-refractivity contribution in [1.82, 2.24) is 4.98 Å². The van der Waals surface area contributed by atoms with Crippen LogP contribution in [0.1, 0.15) is 82.9 Å². The zero-order valence-electron chi connectivity index (χ0n) is 22.5. The Bertz CT molecular complexity index is 1050. The molecule has 1 aliphatic carbocycles. The third kappa shape index (κ3) is 9.01. The molecular weight excluding hydrogens is 432 g/mol. The fraction of sp³-hybridized carbons (Fsp3) is 0.484. The van der Waals surface area contributed by atoms with E-state index >= 15 is 0 Å². The highest BCUT2D eigenvalue weighted by atomic mass is 16.2. The zero-order valence-corrected chi connectivity index (χ0v) is 22.5. The number of anilines is 1. The molecule has 4 nitrogen and oxygen atoms in total. The molecule has 4 heteroatoms. The second-order valence-corrected chi connectivity index (χ2v) is 9.67. The van der Waals surface area contributed by atoms with Gasteiger partial charge in [0.2, 0.25) is 5.91 Å². The Morgan fingerprint density at radius 1 is 0.943 bits per heavy atom. The van der Waals surface area contributed by atoms with Crippen molar-refractivity contribution in [2.24, 2.45) is 11.8 Å². The predicted molar refractivity (Wildman–Crippen MR) is 149 cm³/mol. The van der Waals surface area contributed by atoms with Crippen molar-refractivity contribution in [1.29, 1.82) is 0 Å². The summed E-state index contributed by atoms with van der Waals surface area (Å²) in [5.74, 6) is 1.46. The number of fused-ring (bicyclic) bond motifs is 1. The number of aromatic nitrogens is 1. The maximum atomic E-state index is 12.3. The fourth-order valence-corrected chi connectivity index (χ4v) is 4.61. The molecule has 0 spiro atoms. The second kappa shape index (κ2) is 14.5. The van der Waals surface area contributed by atoms with Gasteiger partial charge in [-0.15, -0.1) is 0 Å². The first-order valence-corrected chi connectivity index (χ1v) is 13.2. The summed E-state index contributed by atoms with van der Waals surface area (Å²) in [4.78, 5) is 25.3. The number of carbonyl (C=O) groups is 2. The number of aryl methyl sites for hydroxylation is 2. The number of aromatic amines is 1. The van der Waals surface area contributed by atoms with E-state index in [1.54, 1.807) is 6.92 Å². The van der Waals surface area contributed by atoms with Crippen molar-refractivity contribution in [2.75, 3.05) is 5.32 Å². The molecule has 4 rings (SSSR count). The van der Waals surface area contributed by atoms with Crippen LogP contribution in [0.3, 0.4) is 0 Å². The van der Waals surface area contributed by atoms with Crippen LogP contribution in [-0.4, -0.2) is 16.7 Å². The van der Waals surface area contributed by atoms with Crippen LogP contribution in [0, 0.1) is 25.7 Å². The molecule has 2 N–H and O–H groups in total. The highest BCUT2D eigenvalue weighted by Gasteiger charge is 2.25. The average molecular weight is 477 g/mol. The fourth-order valence-electron chi connectivity index (χ4n) is 4.61. The summed E-state index contributed by atoms with van der Waals surface area (Å²) in [6, 6.07) is 14.5. The van der Waals surface area contributed by atoms with Gasteiger partial charge >= 0.3 is 0 Å². The second-order valence-electron chi connectivity index (χ2n) is 9.67. The smallest absolute Gasteiger partial charge is 0.227 e. The van der Waals surface area contributed by atoms with Crippen LogP contribution in [0.5, 0.6) is 0 Å². The zero-order chi connectivity index (χ0) is 25.8. The minimum absolute atomic E-state index is 0.186. The standard InChI is InChI=1S/C17H22N2O.C10H14.C4H8O/c1-2-12-3-5-14(6-4-12)17(20)19-15-8-7-13-9-10-18-16(13)11-15;1-4-10-8(2)6-5-7-9(10)3;1-3-4(2)5/h7-12,14,18H,2-6H2,1H3,(H,19,20);5-7H,4H2,1-3H3;3H2,1-2H3. The molecule has 0 unspecified atom stereocenters. The lowest BCUT2D eigenvalue weighted by Crippen LogP contribution is -2.27. The predicted octanol–water partition coefficient (Wildman–Crippen LogP) is 8.17. The van der Waals surface area contributed by atoms with Crippen molar-refractivity contribution >= 4 is 28.3 Å². The average Bonchev–Trinajstić information content (AvgIpc) is 3.33. The number of hydrogen-bond donors (Lipinski definition) is 2. The van der Waals surface area contributed by atoms with Gasteiger partial charge in [0.15, 0.2) is 0 Å². The maximum absolute atomic E-state index is 12.3. The van der Waals surface area contributed by atoms with Gasteiger partial charge in [-0.25, -0.2) is 0 Å². The number of carbonyl (C=O) groups excluding carboxylic acids is 2. The first kappa shape index (κ1) is 28.4. The lowest BCUT2D eigenvalue weighted by Gasteiger charge is -2.26. The van der Waals surface area contributed by atoms with E-state index < -0.39 is 0 Å². The van der Waals surface area contributed by atoms with Gasteiger partial charge in [-0.3, -0.25) is 4.79 Å². The summed E-state index contributed by atoms with van der Waals surface area (Å²) in [6.07, 6.45) is 9.46. The summed E-state index contributed by atoms with van der Waals surface area (Å²) in [5.41, 5.74) is 6.30. The minimum atomic E-state index is 0.186. The van der Waals surface area contributed by atoms with Gasteiger partial charge in [0.1, 0.15) is 5.78 Å². The molecular formula is C31H44N2O2. The van der Waals surface area contributed by atoms with Crippen LogP contribution in [-0.2, 0) is 16.0 Å². The van der Waals surface area contributed by atoms with Gasteiger partial charge < -0.3 is 15.1 Å². The van der Waals surface area contributed by atoms with Crippen LogP contribution < -0.4 is 5.32 Å². The van der Waals surface area contributed by atoms with Gasteiger partial charge in [0, 0.05) is 29.7 Å². The molecule has 35 heavy (non-hydrogen) atoms. The quantitative estimate of drug-likeness (QED) is 0.390. The summed E-state index contributed by atoms with van der Waals surface area (Å²) < 4.78 is 0. The molecule has 1 amide bonds. The van der Waals surface area contributed by atoms with Gasteiger partial charge in [-0.2, -0.15) is 0 Å². The Morgan fingerprint density at radius 3 is 2.09 bits per heavy atom. The molecule has 1 heterocycles.